The van der Waals surface area contributed by atoms with Crippen molar-refractivity contribution in [3.05, 3.63) is 71.0 Å². The molecule has 1 saturated heterocycles. The SMILES string of the molecule is CCNC(=NCc1cccc(COC2CCOCC2)c1)NCCc1ccc(F)cc1. The standard InChI is InChI=1S/C24H32FN3O2/c1-2-26-24(27-13-10-19-6-8-22(25)9-7-19)28-17-20-4-3-5-21(16-20)18-30-23-11-14-29-15-12-23/h3-9,16,23H,2,10-15,17-18H2,1H3,(H2,26,27,28). The van der Waals surface area contributed by atoms with Crippen LogP contribution in [-0.2, 0) is 29.0 Å². The van der Waals surface area contributed by atoms with Gasteiger partial charge in [0.25, 0.3) is 0 Å². The lowest BCUT2D eigenvalue weighted by Crippen LogP contribution is -2.38. The summed E-state index contributed by atoms with van der Waals surface area (Å²) in [6, 6.07) is 15.0. The molecule has 3 rings (SSSR count). The van der Waals surface area contributed by atoms with E-state index in [-0.39, 0.29) is 5.82 Å². The molecule has 1 fully saturated rings. The Morgan fingerprint density at radius 2 is 1.83 bits per heavy atom. The van der Waals surface area contributed by atoms with Crippen LogP contribution in [0.1, 0.15) is 36.5 Å². The molecule has 162 valence electrons. The molecule has 6 heteroatoms. The summed E-state index contributed by atoms with van der Waals surface area (Å²) in [5.74, 6) is 0.575. The Morgan fingerprint density at radius 1 is 1.07 bits per heavy atom. The lowest BCUT2D eigenvalue weighted by atomic mass is 10.1. The van der Waals surface area contributed by atoms with Crippen LogP contribution < -0.4 is 10.6 Å². The fourth-order valence-electron chi connectivity index (χ4n) is 3.36. The topological polar surface area (TPSA) is 54.9 Å². The quantitative estimate of drug-likeness (QED) is 0.485. The van der Waals surface area contributed by atoms with Gasteiger partial charge in [0.15, 0.2) is 5.96 Å². The average molecular weight is 414 g/mol. The van der Waals surface area contributed by atoms with Gasteiger partial charge in [0.05, 0.1) is 19.3 Å². The molecule has 0 amide bonds. The Kier molecular flexibility index (Phi) is 9.12. The summed E-state index contributed by atoms with van der Waals surface area (Å²) in [4.78, 5) is 4.70. The second-order valence-electron chi connectivity index (χ2n) is 7.44. The fourth-order valence-corrected chi connectivity index (χ4v) is 3.36. The number of hydrogen-bond acceptors (Lipinski definition) is 3. The van der Waals surface area contributed by atoms with Gasteiger partial charge in [-0.2, -0.15) is 0 Å². The smallest absolute Gasteiger partial charge is 0.191 e. The largest absolute Gasteiger partial charge is 0.381 e. The average Bonchev–Trinajstić information content (AvgIpc) is 2.78. The minimum atomic E-state index is -0.206. The normalized spacial score (nSPS) is 15.2. The van der Waals surface area contributed by atoms with E-state index in [1.165, 1.54) is 17.7 Å². The van der Waals surface area contributed by atoms with E-state index in [2.05, 4.69) is 34.9 Å². The zero-order valence-electron chi connectivity index (χ0n) is 17.7. The Morgan fingerprint density at radius 3 is 2.60 bits per heavy atom. The third-order valence-electron chi connectivity index (χ3n) is 5.03. The molecule has 1 aliphatic heterocycles. The van der Waals surface area contributed by atoms with Crippen LogP contribution in [0.4, 0.5) is 4.39 Å². The number of hydrogen-bond donors (Lipinski definition) is 2. The summed E-state index contributed by atoms with van der Waals surface area (Å²) >= 11 is 0. The molecule has 2 aromatic rings. The molecule has 0 aliphatic carbocycles. The first kappa shape index (κ1) is 22.2. The number of rotatable bonds is 9. The highest BCUT2D eigenvalue weighted by molar-refractivity contribution is 5.79. The zero-order valence-corrected chi connectivity index (χ0v) is 17.7. The summed E-state index contributed by atoms with van der Waals surface area (Å²) < 4.78 is 24.4. The molecule has 0 aromatic heterocycles. The van der Waals surface area contributed by atoms with Gasteiger partial charge >= 0.3 is 0 Å². The van der Waals surface area contributed by atoms with Gasteiger partial charge in [-0.25, -0.2) is 9.38 Å². The van der Waals surface area contributed by atoms with E-state index in [4.69, 9.17) is 14.5 Å². The van der Waals surface area contributed by atoms with Crippen molar-refractivity contribution in [3.63, 3.8) is 0 Å². The van der Waals surface area contributed by atoms with Crippen LogP contribution in [0.3, 0.4) is 0 Å². The number of nitrogens with one attached hydrogen (secondary N) is 2. The van der Waals surface area contributed by atoms with E-state index in [0.717, 1.165) is 62.7 Å². The van der Waals surface area contributed by atoms with Crippen LogP contribution in [0.15, 0.2) is 53.5 Å². The molecule has 1 heterocycles. The molecule has 0 spiro atoms. The van der Waals surface area contributed by atoms with Gasteiger partial charge in [0, 0.05) is 26.3 Å². The third-order valence-corrected chi connectivity index (χ3v) is 5.03. The number of halogens is 1. The van der Waals surface area contributed by atoms with Crippen molar-refractivity contribution in [2.45, 2.75) is 45.4 Å². The minimum absolute atomic E-state index is 0.206. The van der Waals surface area contributed by atoms with Gasteiger partial charge in [0.1, 0.15) is 5.82 Å². The number of ether oxygens (including phenoxy) is 2. The van der Waals surface area contributed by atoms with Crippen LogP contribution >= 0.6 is 0 Å². The molecule has 1 aliphatic rings. The number of benzene rings is 2. The van der Waals surface area contributed by atoms with E-state index in [1.54, 1.807) is 0 Å². The molecular weight excluding hydrogens is 381 g/mol. The Balaban J connectivity index is 1.48. The highest BCUT2D eigenvalue weighted by atomic mass is 19.1. The van der Waals surface area contributed by atoms with Crippen molar-refractivity contribution in [2.75, 3.05) is 26.3 Å². The first-order chi connectivity index (χ1) is 14.7. The van der Waals surface area contributed by atoms with E-state index in [9.17, 15) is 4.39 Å². The van der Waals surface area contributed by atoms with Crippen molar-refractivity contribution in [3.8, 4) is 0 Å². The number of guanidine groups is 1. The summed E-state index contributed by atoms with van der Waals surface area (Å²) in [5.41, 5.74) is 3.42. The monoisotopic (exact) mass is 413 g/mol. The van der Waals surface area contributed by atoms with Crippen LogP contribution in [-0.4, -0.2) is 38.4 Å². The summed E-state index contributed by atoms with van der Waals surface area (Å²) in [6.45, 7) is 6.38. The lowest BCUT2D eigenvalue weighted by molar-refractivity contribution is -0.0390. The van der Waals surface area contributed by atoms with Crippen molar-refractivity contribution in [1.82, 2.24) is 10.6 Å². The molecular formula is C24H32FN3O2. The Bertz CT molecular complexity index is 789. The summed E-state index contributed by atoms with van der Waals surface area (Å²) in [7, 11) is 0. The van der Waals surface area contributed by atoms with E-state index >= 15 is 0 Å². The second-order valence-corrected chi connectivity index (χ2v) is 7.44. The van der Waals surface area contributed by atoms with Crippen LogP contribution in [0.5, 0.6) is 0 Å². The van der Waals surface area contributed by atoms with E-state index < -0.39 is 0 Å². The van der Waals surface area contributed by atoms with Crippen molar-refractivity contribution in [2.24, 2.45) is 4.99 Å². The summed E-state index contributed by atoms with van der Waals surface area (Å²) in [6.07, 6.45) is 3.05. The predicted octanol–water partition coefficient (Wildman–Crippen LogP) is 3.82. The van der Waals surface area contributed by atoms with E-state index in [0.29, 0.717) is 19.3 Å². The predicted molar refractivity (Wildman–Crippen MR) is 118 cm³/mol. The molecule has 5 nitrogen and oxygen atoms in total. The summed E-state index contributed by atoms with van der Waals surface area (Å²) in [5, 5.41) is 6.62. The number of aliphatic imine (C=N–C) groups is 1. The van der Waals surface area contributed by atoms with Crippen molar-refractivity contribution >= 4 is 5.96 Å². The fraction of sp³-hybridized carbons (Fsp3) is 0.458. The number of nitrogens with zero attached hydrogens (tertiary/aromatic N) is 1. The highest BCUT2D eigenvalue weighted by Crippen LogP contribution is 2.14. The molecule has 0 unspecified atom stereocenters. The van der Waals surface area contributed by atoms with Gasteiger partial charge in [0.2, 0.25) is 0 Å². The highest BCUT2D eigenvalue weighted by Gasteiger charge is 2.14. The van der Waals surface area contributed by atoms with Gasteiger partial charge in [-0.15, -0.1) is 0 Å². The maximum absolute atomic E-state index is 13.0. The molecule has 0 atom stereocenters. The molecule has 2 N–H and O–H groups in total. The first-order valence-corrected chi connectivity index (χ1v) is 10.8. The molecule has 0 saturated carbocycles. The van der Waals surface area contributed by atoms with Crippen molar-refractivity contribution in [1.29, 1.82) is 0 Å². The second kappa shape index (κ2) is 12.3. The third kappa shape index (κ3) is 7.76. The lowest BCUT2D eigenvalue weighted by Gasteiger charge is -2.22. The molecule has 0 bridgehead atoms. The van der Waals surface area contributed by atoms with Crippen LogP contribution in [0.2, 0.25) is 0 Å². The van der Waals surface area contributed by atoms with Gasteiger partial charge in [-0.05, 0) is 55.0 Å². The molecule has 2 aromatic carbocycles. The zero-order chi connectivity index (χ0) is 21.0. The maximum Gasteiger partial charge on any atom is 0.191 e. The van der Waals surface area contributed by atoms with Crippen LogP contribution in [0.25, 0.3) is 0 Å². The Hall–Kier alpha value is -2.44. The van der Waals surface area contributed by atoms with Gasteiger partial charge in [-0.3, -0.25) is 0 Å². The Labute approximate surface area is 178 Å². The van der Waals surface area contributed by atoms with E-state index in [1.807, 2.05) is 19.1 Å². The van der Waals surface area contributed by atoms with Crippen LogP contribution in [0, 0.1) is 5.82 Å². The first-order valence-electron chi connectivity index (χ1n) is 10.8. The molecule has 30 heavy (non-hydrogen) atoms. The van der Waals surface area contributed by atoms with Gasteiger partial charge < -0.3 is 20.1 Å². The van der Waals surface area contributed by atoms with Crippen molar-refractivity contribution < 1.29 is 13.9 Å². The van der Waals surface area contributed by atoms with Gasteiger partial charge in [-0.1, -0.05) is 36.4 Å². The minimum Gasteiger partial charge on any atom is -0.381 e. The maximum atomic E-state index is 13.0. The molecule has 0 radical (unpaired) electrons.